The number of anilines is 1. The molecule has 0 spiro atoms. The molecule has 19 heavy (non-hydrogen) atoms. The number of nitrogens with one attached hydrogen (secondary N) is 1. The Morgan fingerprint density at radius 1 is 1.42 bits per heavy atom. The first-order chi connectivity index (χ1) is 9.08. The van der Waals surface area contributed by atoms with Crippen molar-refractivity contribution in [3.8, 4) is 5.88 Å². The van der Waals surface area contributed by atoms with Gasteiger partial charge >= 0.3 is 0 Å². The monoisotopic (exact) mass is 342 g/mol. The second-order valence-corrected chi connectivity index (χ2v) is 4.58. The van der Waals surface area contributed by atoms with Crippen LogP contribution in [0.25, 0.3) is 0 Å². The number of carbonyl (C=O) groups excluding carboxylic acids is 1. The molecule has 1 amide bonds. The lowest BCUT2D eigenvalue weighted by Crippen LogP contribution is -2.14. The SMILES string of the molecule is COc1cc(Cl)nc(NC(=O)c2ccc(Br)nc2)n1. The Balaban J connectivity index is 2.18. The van der Waals surface area contributed by atoms with E-state index < -0.39 is 0 Å². The molecule has 2 aromatic rings. The maximum absolute atomic E-state index is 11.9. The van der Waals surface area contributed by atoms with Crippen molar-refractivity contribution in [3.63, 3.8) is 0 Å². The predicted molar refractivity (Wildman–Crippen MR) is 73.5 cm³/mol. The number of amides is 1. The first-order valence-electron chi connectivity index (χ1n) is 5.10. The van der Waals surface area contributed by atoms with Crippen LogP contribution in [0, 0.1) is 0 Å². The van der Waals surface area contributed by atoms with E-state index in [9.17, 15) is 4.79 Å². The molecule has 2 rings (SSSR count). The van der Waals surface area contributed by atoms with Crippen LogP contribution < -0.4 is 10.1 Å². The summed E-state index contributed by atoms with van der Waals surface area (Å²) in [6.45, 7) is 0. The number of pyridine rings is 1. The predicted octanol–water partition coefficient (Wildman–Crippen LogP) is 2.55. The van der Waals surface area contributed by atoms with Crippen molar-refractivity contribution in [1.29, 1.82) is 0 Å². The Morgan fingerprint density at radius 3 is 2.84 bits per heavy atom. The molecule has 8 heteroatoms. The molecule has 0 radical (unpaired) electrons. The van der Waals surface area contributed by atoms with Crippen LogP contribution in [0.4, 0.5) is 5.95 Å². The quantitative estimate of drug-likeness (QED) is 0.684. The number of methoxy groups -OCH3 is 1. The van der Waals surface area contributed by atoms with E-state index >= 15 is 0 Å². The summed E-state index contributed by atoms with van der Waals surface area (Å²) in [5.41, 5.74) is 0.380. The fourth-order valence-electron chi connectivity index (χ4n) is 1.24. The van der Waals surface area contributed by atoms with Crippen LogP contribution in [0.3, 0.4) is 0 Å². The van der Waals surface area contributed by atoms with Crippen LogP contribution in [0.15, 0.2) is 29.0 Å². The van der Waals surface area contributed by atoms with Gasteiger partial charge in [-0.25, -0.2) is 9.97 Å². The van der Waals surface area contributed by atoms with E-state index in [0.717, 1.165) is 0 Å². The highest BCUT2D eigenvalue weighted by atomic mass is 79.9. The summed E-state index contributed by atoms with van der Waals surface area (Å²) in [6, 6.07) is 4.72. The molecule has 0 saturated carbocycles. The molecule has 0 saturated heterocycles. The number of hydrogen-bond acceptors (Lipinski definition) is 5. The van der Waals surface area contributed by atoms with Crippen LogP contribution in [0.2, 0.25) is 5.15 Å². The first-order valence-corrected chi connectivity index (χ1v) is 6.27. The minimum atomic E-state index is -0.385. The normalized spacial score (nSPS) is 10.1. The smallest absolute Gasteiger partial charge is 0.259 e. The lowest BCUT2D eigenvalue weighted by Gasteiger charge is -2.05. The zero-order valence-corrected chi connectivity index (χ0v) is 12.1. The number of rotatable bonds is 3. The average molecular weight is 344 g/mol. The summed E-state index contributed by atoms with van der Waals surface area (Å²) < 4.78 is 5.58. The zero-order valence-electron chi connectivity index (χ0n) is 9.72. The van der Waals surface area contributed by atoms with E-state index in [1.54, 1.807) is 12.1 Å². The molecular formula is C11H8BrClN4O2. The van der Waals surface area contributed by atoms with Crippen LogP contribution in [0.1, 0.15) is 10.4 Å². The Labute approximate surface area is 122 Å². The van der Waals surface area contributed by atoms with Gasteiger partial charge in [0.05, 0.1) is 12.7 Å². The van der Waals surface area contributed by atoms with Crippen LogP contribution >= 0.6 is 27.5 Å². The standard InChI is InChI=1S/C11H8BrClN4O2/c1-19-9-4-8(13)15-11(16-9)17-10(18)6-2-3-7(12)14-5-6/h2-5H,1H3,(H,15,16,17,18). The van der Waals surface area contributed by atoms with E-state index in [2.05, 4.69) is 36.2 Å². The van der Waals surface area contributed by atoms with Crippen molar-refractivity contribution >= 4 is 39.4 Å². The summed E-state index contributed by atoms with van der Waals surface area (Å²) in [6.07, 6.45) is 1.43. The summed E-state index contributed by atoms with van der Waals surface area (Å²) >= 11 is 8.97. The van der Waals surface area contributed by atoms with Gasteiger partial charge in [-0.2, -0.15) is 4.98 Å². The zero-order chi connectivity index (χ0) is 13.8. The Hall–Kier alpha value is -1.73. The van der Waals surface area contributed by atoms with Gasteiger partial charge in [0.15, 0.2) is 0 Å². The van der Waals surface area contributed by atoms with Gasteiger partial charge < -0.3 is 4.74 Å². The summed E-state index contributed by atoms with van der Waals surface area (Å²) in [5, 5.41) is 2.69. The molecule has 0 bridgehead atoms. The van der Waals surface area contributed by atoms with Crippen molar-refractivity contribution in [2.45, 2.75) is 0 Å². The van der Waals surface area contributed by atoms with Crippen LogP contribution in [0.5, 0.6) is 5.88 Å². The number of halogens is 2. The molecule has 0 aliphatic carbocycles. The highest BCUT2D eigenvalue weighted by Gasteiger charge is 2.10. The van der Waals surface area contributed by atoms with Crippen molar-refractivity contribution in [2.24, 2.45) is 0 Å². The van der Waals surface area contributed by atoms with E-state index in [1.165, 1.54) is 19.4 Å². The van der Waals surface area contributed by atoms with Crippen molar-refractivity contribution in [3.05, 3.63) is 39.7 Å². The van der Waals surface area contributed by atoms with Gasteiger partial charge in [0.1, 0.15) is 9.76 Å². The second kappa shape index (κ2) is 5.94. The number of nitrogens with zero attached hydrogens (tertiary/aromatic N) is 3. The third-order valence-electron chi connectivity index (χ3n) is 2.10. The van der Waals surface area contributed by atoms with Gasteiger partial charge in [0, 0.05) is 12.3 Å². The third kappa shape index (κ3) is 3.62. The molecule has 0 aliphatic rings. The highest BCUT2D eigenvalue weighted by Crippen LogP contribution is 2.16. The molecular weight excluding hydrogens is 336 g/mol. The molecule has 98 valence electrons. The minimum Gasteiger partial charge on any atom is -0.481 e. The van der Waals surface area contributed by atoms with E-state index in [0.29, 0.717) is 10.2 Å². The second-order valence-electron chi connectivity index (χ2n) is 3.38. The van der Waals surface area contributed by atoms with E-state index in [4.69, 9.17) is 16.3 Å². The van der Waals surface area contributed by atoms with Crippen molar-refractivity contribution < 1.29 is 9.53 Å². The maximum atomic E-state index is 11.9. The van der Waals surface area contributed by atoms with Gasteiger partial charge in [-0.15, -0.1) is 0 Å². The molecule has 2 aromatic heterocycles. The van der Waals surface area contributed by atoms with E-state index in [1.807, 2.05) is 0 Å². The Morgan fingerprint density at radius 2 is 2.21 bits per heavy atom. The van der Waals surface area contributed by atoms with Gasteiger partial charge in [0.2, 0.25) is 11.8 Å². The van der Waals surface area contributed by atoms with Crippen LogP contribution in [-0.4, -0.2) is 28.0 Å². The van der Waals surface area contributed by atoms with E-state index in [-0.39, 0.29) is 22.9 Å². The number of carbonyl (C=O) groups is 1. The minimum absolute atomic E-state index is 0.0669. The Kier molecular flexibility index (Phi) is 4.28. The lowest BCUT2D eigenvalue weighted by atomic mass is 10.3. The average Bonchev–Trinajstić information content (AvgIpc) is 2.38. The Bertz CT molecular complexity index is 606. The summed E-state index contributed by atoms with van der Waals surface area (Å²) in [4.78, 5) is 23.7. The fraction of sp³-hybridized carbons (Fsp3) is 0.0909. The highest BCUT2D eigenvalue weighted by molar-refractivity contribution is 9.10. The van der Waals surface area contributed by atoms with Crippen molar-refractivity contribution in [2.75, 3.05) is 12.4 Å². The van der Waals surface area contributed by atoms with Crippen molar-refractivity contribution in [1.82, 2.24) is 15.0 Å². The molecule has 2 heterocycles. The van der Waals surface area contributed by atoms with Gasteiger partial charge in [-0.3, -0.25) is 10.1 Å². The van der Waals surface area contributed by atoms with Gasteiger partial charge in [-0.05, 0) is 28.1 Å². The van der Waals surface area contributed by atoms with Gasteiger partial charge in [-0.1, -0.05) is 11.6 Å². The number of aromatic nitrogens is 3. The molecule has 1 N–H and O–H groups in total. The third-order valence-corrected chi connectivity index (χ3v) is 2.76. The molecule has 6 nitrogen and oxygen atoms in total. The summed E-state index contributed by atoms with van der Waals surface area (Å²) in [7, 11) is 1.45. The van der Waals surface area contributed by atoms with Gasteiger partial charge in [0.25, 0.3) is 5.91 Å². The largest absolute Gasteiger partial charge is 0.481 e. The molecule has 0 aromatic carbocycles. The molecule has 0 aliphatic heterocycles. The molecule has 0 unspecified atom stereocenters. The maximum Gasteiger partial charge on any atom is 0.259 e. The fourth-order valence-corrected chi connectivity index (χ4v) is 1.65. The number of ether oxygens (including phenoxy) is 1. The molecule has 0 atom stereocenters. The topological polar surface area (TPSA) is 77.0 Å². The summed E-state index contributed by atoms with van der Waals surface area (Å²) in [5.74, 6) is -0.0502. The number of hydrogen-bond donors (Lipinski definition) is 1. The van der Waals surface area contributed by atoms with Crippen LogP contribution in [-0.2, 0) is 0 Å². The molecule has 0 fully saturated rings. The lowest BCUT2D eigenvalue weighted by molar-refractivity contribution is 0.102. The first kappa shape index (κ1) is 13.7.